The van der Waals surface area contributed by atoms with Crippen molar-refractivity contribution in [3.8, 4) is 0 Å². The van der Waals surface area contributed by atoms with Gasteiger partial charge in [-0.15, -0.1) is 11.8 Å². The zero-order valence-corrected chi connectivity index (χ0v) is 14.1. The number of amides is 1. The first-order valence-electron chi connectivity index (χ1n) is 6.72. The number of sulfone groups is 1. The molecule has 0 unspecified atom stereocenters. The van der Waals surface area contributed by atoms with Gasteiger partial charge in [0, 0.05) is 16.3 Å². The molecule has 2 atom stereocenters. The lowest BCUT2D eigenvalue weighted by molar-refractivity contribution is -0.119. The average Bonchev–Trinajstić information content (AvgIpc) is 2.76. The van der Waals surface area contributed by atoms with Crippen molar-refractivity contribution in [2.75, 3.05) is 17.3 Å². The number of halogens is 1. The Kier molecular flexibility index (Phi) is 5.57. The van der Waals surface area contributed by atoms with Gasteiger partial charge in [0.25, 0.3) is 0 Å². The first-order chi connectivity index (χ1) is 9.85. The second-order valence-electron chi connectivity index (χ2n) is 5.17. The zero-order chi connectivity index (χ0) is 15.5. The molecule has 1 amide bonds. The number of rotatable bonds is 5. The number of hydrogen-bond donors (Lipinski definition) is 1. The van der Waals surface area contributed by atoms with Crippen molar-refractivity contribution in [3.63, 3.8) is 0 Å². The Morgan fingerprint density at radius 2 is 2.10 bits per heavy atom. The van der Waals surface area contributed by atoms with Crippen LogP contribution in [0.15, 0.2) is 24.3 Å². The van der Waals surface area contributed by atoms with Crippen molar-refractivity contribution in [1.82, 2.24) is 5.32 Å². The number of benzene rings is 1. The third kappa shape index (κ3) is 5.20. The molecule has 1 fully saturated rings. The van der Waals surface area contributed by atoms with E-state index in [1.54, 1.807) is 0 Å². The van der Waals surface area contributed by atoms with Crippen molar-refractivity contribution in [2.45, 2.75) is 24.6 Å². The molecule has 116 valence electrons. The van der Waals surface area contributed by atoms with Gasteiger partial charge in [-0.3, -0.25) is 4.79 Å². The lowest BCUT2D eigenvalue weighted by atomic mass is 10.2. The van der Waals surface area contributed by atoms with Gasteiger partial charge in [-0.05, 0) is 31.0 Å². The molecular formula is C14H18ClNO3S2. The van der Waals surface area contributed by atoms with Crippen LogP contribution in [0.3, 0.4) is 0 Å². The summed E-state index contributed by atoms with van der Waals surface area (Å²) in [6.45, 7) is 2.03. The highest BCUT2D eigenvalue weighted by Crippen LogP contribution is 2.28. The molecule has 1 aromatic rings. The van der Waals surface area contributed by atoms with E-state index in [-0.39, 0.29) is 28.7 Å². The molecule has 0 aromatic heterocycles. The minimum atomic E-state index is -2.95. The Morgan fingerprint density at radius 1 is 1.43 bits per heavy atom. The van der Waals surface area contributed by atoms with E-state index in [1.807, 2.05) is 31.2 Å². The lowest BCUT2D eigenvalue weighted by Crippen LogP contribution is -2.36. The van der Waals surface area contributed by atoms with Crippen molar-refractivity contribution in [2.24, 2.45) is 0 Å². The van der Waals surface area contributed by atoms with E-state index in [2.05, 4.69) is 5.32 Å². The summed E-state index contributed by atoms with van der Waals surface area (Å²) < 4.78 is 22.7. The van der Waals surface area contributed by atoms with Crippen LogP contribution in [0.5, 0.6) is 0 Å². The fourth-order valence-electron chi connectivity index (χ4n) is 2.21. The van der Waals surface area contributed by atoms with Crippen molar-refractivity contribution >= 4 is 39.1 Å². The van der Waals surface area contributed by atoms with Gasteiger partial charge >= 0.3 is 0 Å². The molecule has 21 heavy (non-hydrogen) atoms. The van der Waals surface area contributed by atoms with Crippen LogP contribution in [0.1, 0.15) is 24.2 Å². The molecule has 0 saturated carbocycles. The molecule has 1 heterocycles. The van der Waals surface area contributed by atoms with Crippen LogP contribution in [-0.2, 0) is 14.6 Å². The van der Waals surface area contributed by atoms with Gasteiger partial charge < -0.3 is 5.32 Å². The molecule has 0 radical (unpaired) electrons. The largest absolute Gasteiger partial charge is 0.352 e. The van der Waals surface area contributed by atoms with Crippen LogP contribution in [0, 0.1) is 0 Å². The van der Waals surface area contributed by atoms with Crippen LogP contribution < -0.4 is 5.32 Å². The standard InChI is InChI=1S/C14H18ClNO3S2/c1-10(11-2-4-12(15)5-3-11)20-8-14(17)16-13-6-7-21(18,19)9-13/h2-5,10,13H,6-9H2,1H3,(H,16,17)/t10-,13-/m0/s1. The van der Waals surface area contributed by atoms with Crippen LogP contribution in [0.25, 0.3) is 0 Å². The highest BCUT2D eigenvalue weighted by Gasteiger charge is 2.28. The maximum absolute atomic E-state index is 11.9. The van der Waals surface area contributed by atoms with Gasteiger partial charge in [-0.2, -0.15) is 0 Å². The maximum atomic E-state index is 11.9. The summed E-state index contributed by atoms with van der Waals surface area (Å²) in [7, 11) is -2.95. The molecule has 1 aliphatic rings. The van der Waals surface area contributed by atoms with Gasteiger partial charge in [-0.25, -0.2) is 8.42 Å². The second-order valence-corrected chi connectivity index (χ2v) is 9.17. The molecule has 2 rings (SSSR count). The molecule has 4 nitrogen and oxygen atoms in total. The van der Waals surface area contributed by atoms with E-state index < -0.39 is 9.84 Å². The molecule has 1 N–H and O–H groups in total. The second kappa shape index (κ2) is 7.03. The molecule has 0 aliphatic carbocycles. The van der Waals surface area contributed by atoms with Crippen molar-refractivity contribution in [1.29, 1.82) is 0 Å². The van der Waals surface area contributed by atoms with Crippen LogP contribution in [-0.4, -0.2) is 37.6 Å². The van der Waals surface area contributed by atoms with E-state index >= 15 is 0 Å². The van der Waals surface area contributed by atoms with Crippen molar-refractivity contribution < 1.29 is 13.2 Å². The molecule has 7 heteroatoms. The van der Waals surface area contributed by atoms with E-state index in [1.165, 1.54) is 11.8 Å². The normalized spacial score (nSPS) is 21.9. The third-order valence-electron chi connectivity index (χ3n) is 3.40. The smallest absolute Gasteiger partial charge is 0.230 e. The molecule has 0 bridgehead atoms. The Bertz CT molecular complexity index is 601. The van der Waals surface area contributed by atoms with Gasteiger partial charge in [-0.1, -0.05) is 23.7 Å². The summed E-state index contributed by atoms with van der Waals surface area (Å²) in [5, 5.41) is 3.66. The fraction of sp³-hybridized carbons (Fsp3) is 0.500. The van der Waals surface area contributed by atoms with Crippen LogP contribution in [0.4, 0.5) is 0 Å². The molecule has 1 aromatic carbocycles. The SMILES string of the molecule is C[C@H](SCC(=O)N[C@H]1CCS(=O)(=O)C1)c1ccc(Cl)cc1. The number of nitrogens with one attached hydrogen (secondary N) is 1. The number of thioether (sulfide) groups is 1. The quantitative estimate of drug-likeness (QED) is 0.888. The Labute approximate surface area is 134 Å². The summed E-state index contributed by atoms with van der Waals surface area (Å²) in [5.41, 5.74) is 1.11. The van der Waals surface area contributed by atoms with E-state index in [9.17, 15) is 13.2 Å². The van der Waals surface area contributed by atoms with Crippen LogP contribution >= 0.6 is 23.4 Å². The first kappa shape index (κ1) is 16.6. The van der Waals surface area contributed by atoms with Gasteiger partial charge in [0.2, 0.25) is 5.91 Å². The van der Waals surface area contributed by atoms with Gasteiger partial charge in [0.1, 0.15) is 0 Å². The summed E-state index contributed by atoms with van der Waals surface area (Å²) in [6, 6.07) is 7.33. The third-order valence-corrected chi connectivity index (χ3v) is 6.62. The van der Waals surface area contributed by atoms with E-state index in [0.29, 0.717) is 17.2 Å². The summed E-state index contributed by atoms with van der Waals surface area (Å²) in [6.07, 6.45) is 0.519. The topological polar surface area (TPSA) is 63.2 Å². The number of carbonyl (C=O) groups excluding carboxylic acids is 1. The Hall–Kier alpha value is -0.720. The molecule has 0 spiro atoms. The molecule has 1 saturated heterocycles. The first-order valence-corrected chi connectivity index (χ1v) is 9.97. The average molecular weight is 348 g/mol. The monoisotopic (exact) mass is 347 g/mol. The maximum Gasteiger partial charge on any atom is 0.230 e. The minimum Gasteiger partial charge on any atom is -0.352 e. The van der Waals surface area contributed by atoms with E-state index in [4.69, 9.17) is 11.6 Å². The predicted octanol–water partition coefficient (Wildman–Crippen LogP) is 2.44. The number of hydrogen-bond acceptors (Lipinski definition) is 4. The van der Waals surface area contributed by atoms with Crippen LogP contribution in [0.2, 0.25) is 5.02 Å². The highest BCUT2D eigenvalue weighted by atomic mass is 35.5. The summed E-state index contributed by atoms with van der Waals surface area (Å²) in [5.74, 6) is 0.450. The molecular weight excluding hydrogens is 330 g/mol. The fourth-order valence-corrected chi connectivity index (χ4v) is 4.84. The predicted molar refractivity (Wildman–Crippen MR) is 87.5 cm³/mol. The van der Waals surface area contributed by atoms with Gasteiger partial charge in [0.15, 0.2) is 9.84 Å². The summed E-state index contributed by atoms with van der Waals surface area (Å²) >= 11 is 7.36. The summed E-state index contributed by atoms with van der Waals surface area (Å²) in [4.78, 5) is 11.9. The van der Waals surface area contributed by atoms with E-state index in [0.717, 1.165) is 5.56 Å². The highest BCUT2D eigenvalue weighted by molar-refractivity contribution is 8.00. The minimum absolute atomic E-state index is 0.0656. The molecule has 1 aliphatic heterocycles. The Balaban J connectivity index is 1.77. The lowest BCUT2D eigenvalue weighted by Gasteiger charge is -2.14. The van der Waals surface area contributed by atoms with Crippen molar-refractivity contribution in [3.05, 3.63) is 34.9 Å². The zero-order valence-electron chi connectivity index (χ0n) is 11.7. The van der Waals surface area contributed by atoms with Gasteiger partial charge in [0.05, 0.1) is 17.3 Å². The Morgan fingerprint density at radius 3 is 2.67 bits per heavy atom. The number of carbonyl (C=O) groups is 1.